The quantitative estimate of drug-likeness (QED) is 0.468. The van der Waals surface area contributed by atoms with Crippen molar-refractivity contribution in [1.29, 1.82) is 0 Å². The van der Waals surface area contributed by atoms with Crippen molar-refractivity contribution in [2.24, 2.45) is 4.99 Å². The van der Waals surface area contributed by atoms with E-state index in [1.165, 1.54) is 5.56 Å². The molecule has 1 heterocycles. The topological polar surface area (TPSA) is 50.4 Å². The molecule has 128 valence electrons. The van der Waals surface area contributed by atoms with Crippen molar-refractivity contribution < 1.29 is 5.11 Å². The Kier molecular flexibility index (Phi) is 4.54. The van der Waals surface area contributed by atoms with Crippen molar-refractivity contribution in [3.05, 3.63) is 88.4 Å². The summed E-state index contributed by atoms with van der Waals surface area (Å²) in [5.74, 6) is 0.789. The summed E-state index contributed by atoms with van der Waals surface area (Å²) < 4.78 is 2.96. The smallest absolute Gasteiger partial charge is 0.230 e. The van der Waals surface area contributed by atoms with Crippen LogP contribution in [0.15, 0.2) is 82.3 Å². The van der Waals surface area contributed by atoms with Crippen LogP contribution in [0.4, 0.5) is 5.95 Å². The van der Waals surface area contributed by atoms with Crippen molar-refractivity contribution in [1.82, 2.24) is 9.55 Å². The third-order valence-electron chi connectivity index (χ3n) is 4.13. The molecule has 4 aromatic rings. The van der Waals surface area contributed by atoms with Gasteiger partial charge in [0.05, 0.1) is 17.6 Å². The van der Waals surface area contributed by atoms with Crippen LogP contribution in [0.3, 0.4) is 0 Å². The Balaban J connectivity index is 1.78. The van der Waals surface area contributed by atoms with Crippen molar-refractivity contribution in [2.45, 2.75) is 6.54 Å². The number of aromatic hydroxyl groups is 1. The summed E-state index contributed by atoms with van der Waals surface area (Å²) in [6, 6.07) is 23.5. The van der Waals surface area contributed by atoms with Gasteiger partial charge >= 0.3 is 0 Å². The molecule has 4 nitrogen and oxygen atoms in total. The number of halogens is 1. The minimum Gasteiger partial charge on any atom is -0.507 e. The Hall–Kier alpha value is -2.92. The number of fused-ring (bicyclic) bond motifs is 1. The third kappa shape index (κ3) is 3.39. The largest absolute Gasteiger partial charge is 0.507 e. The molecule has 0 saturated heterocycles. The van der Waals surface area contributed by atoms with Crippen LogP contribution in [0.5, 0.6) is 5.75 Å². The average Bonchev–Trinajstić information content (AvgIpc) is 3.01. The lowest BCUT2D eigenvalue weighted by molar-refractivity contribution is 0.474. The van der Waals surface area contributed by atoms with Gasteiger partial charge in [-0.3, -0.25) is 0 Å². The fraction of sp³-hybridized carbons (Fsp3) is 0.0476. The molecule has 0 aliphatic rings. The first-order valence-corrected chi connectivity index (χ1v) is 9.02. The van der Waals surface area contributed by atoms with Crippen LogP contribution in [0.1, 0.15) is 11.1 Å². The number of aromatic nitrogens is 2. The summed E-state index contributed by atoms with van der Waals surface area (Å²) in [5, 5.41) is 10.0. The van der Waals surface area contributed by atoms with Gasteiger partial charge in [-0.05, 0) is 35.9 Å². The number of imidazole rings is 1. The number of nitrogens with zero attached hydrogens (tertiary/aromatic N) is 3. The van der Waals surface area contributed by atoms with Crippen LogP contribution in [0.2, 0.25) is 0 Å². The molecule has 0 atom stereocenters. The lowest BCUT2D eigenvalue weighted by atomic mass is 10.2. The Bertz CT molecular complexity index is 1090. The molecular formula is C21H16BrN3O. The highest BCUT2D eigenvalue weighted by molar-refractivity contribution is 9.10. The van der Waals surface area contributed by atoms with E-state index < -0.39 is 0 Å². The molecule has 0 spiro atoms. The predicted molar refractivity (Wildman–Crippen MR) is 108 cm³/mol. The van der Waals surface area contributed by atoms with Gasteiger partial charge in [0.1, 0.15) is 5.75 Å². The van der Waals surface area contributed by atoms with Crippen LogP contribution >= 0.6 is 15.9 Å². The normalized spacial score (nSPS) is 11.4. The van der Waals surface area contributed by atoms with E-state index in [1.54, 1.807) is 18.3 Å². The third-order valence-corrected chi connectivity index (χ3v) is 4.62. The van der Waals surface area contributed by atoms with Crippen LogP contribution < -0.4 is 0 Å². The van der Waals surface area contributed by atoms with Gasteiger partial charge < -0.3 is 9.67 Å². The zero-order valence-corrected chi connectivity index (χ0v) is 15.5. The highest BCUT2D eigenvalue weighted by Gasteiger charge is 2.10. The molecule has 0 bridgehead atoms. The number of phenolic OH excluding ortho intramolecular Hbond substituents is 1. The van der Waals surface area contributed by atoms with E-state index in [9.17, 15) is 5.11 Å². The molecule has 1 N–H and O–H groups in total. The van der Waals surface area contributed by atoms with Gasteiger partial charge in [0.25, 0.3) is 0 Å². The standard InChI is InChI=1S/C21H16BrN3O/c22-17-10-11-20(26)16(12-17)13-23-21-24-18-8-4-5-9-19(18)25(21)14-15-6-2-1-3-7-15/h1-13,26H,14H2. The predicted octanol–water partition coefficient (Wildman–Crippen LogP) is 5.30. The van der Waals surface area contributed by atoms with E-state index in [0.29, 0.717) is 18.1 Å². The first kappa shape index (κ1) is 16.5. The molecule has 0 aliphatic heterocycles. The molecule has 0 radical (unpaired) electrons. The first-order chi connectivity index (χ1) is 12.7. The summed E-state index contributed by atoms with van der Waals surface area (Å²) in [6.07, 6.45) is 1.64. The molecule has 0 saturated carbocycles. The number of rotatable bonds is 4. The molecule has 0 aliphatic carbocycles. The summed E-state index contributed by atoms with van der Waals surface area (Å²) in [6.45, 7) is 0.679. The second kappa shape index (κ2) is 7.14. The summed E-state index contributed by atoms with van der Waals surface area (Å²) in [7, 11) is 0. The van der Waals surface area contributed by atoms with Crippen LogP contribution in [0, 0.1) is 0 Å². The van der Waals surface area contributed by atoms with Gasteiger partial charge in [0, 0.05) is 16.3 Å². The highest BCUT2D eigenvalue weighted by atomic mass is 79.9. The van der Waals surface area contributed by atoms with Crippen molar-refractivity contribution in [3.8, 4) is 5.75 Å². The monoisotopic (exact) mass is 405 g/mol. The van der Waals surface area contributed by atoms with Crippen molar-refractivity contribution in [3.63, 3.8) is 0 Å². The molecular weight excluding hydrogens is 390 g/mol. The summed E-state index contributed by atoms with van der Waals surface area (Å²) >= 11 is 3.42. The van der Waals surface area contributed by atoms with Crippen LogP contribution in [0.25, 0.3) is 11.0 Å². The molecule has 4 rings (SSSR count). The Morgan fingerprint density at radius 1 is 1.00 bits per heavy atom. The van der Waals surface area contributed by atoms with E-state index >= 15 is 0 Å². The van der Waals surface area contributed by atoms with E-state index in [0.717, 1.165) is 15.5 Å². The Morgan fingerprint density at radius 2 is 1.77 bits per heavy atom. The van der Waals surface area contributed by atoms with Gasteiger partial charge in [-0.25, -0.2) is 9.98 Å². The molecule has 3 aromatic carbocycles. The number of para-hydroxylation sites is 2. The van der Waals surface area contributed by atoms with Gasteiger partial charge in [-0.15, -0.1) is 0 Å². The number of hydrogen-bond donors (Lipinski definition) is 1. The van der Waals surface area contributed by atoms with Crippen LogP contribution in [-0.2, 0) is 6.54 Å². The van der Waals surface area contributed by atoms with Gasteiger partial charge in [-0.1, -0.05) is 58.4 Å². The van der Waals surface area contributed by atoms with E-state index in [4.69, 9.17) is 0 Å². The van der Waals surface area contributed by atoms with Crippen molar-refractivity contribution in [2.75, 3.05) is 0 Å². The maximum Gasteiger partial charge on any atom is 0.230 e. The highest BCUT2D eigenvalue weighted by Crippen LogP contribution is 2.25. The fourth-order valence-electron chi connectivity index (χ4n) is 2.84. The number of hydrogen-bond acceptors (Lipinski definition) is 3. The first-order valence-electron chi connectivity index (χ1n) is 8.22. The average molecular weight is 406 g/mol. The molecule has 26 heavy (non-hydrogen) atoms. The summed E-state index contributed by atoms with van der Waals surface area (Å²) in [5.41, 5.74) is 3.74. The van der Waals surface area contributed by atoms with Gasteiger partial charge in [-0.2, -0.15) is 0 Å². The second-order valence-corrected chi connectivity index (χ2v) is 6.85. The fourth-order valence-corrected chi connectivity index (χ4v) is 3.22. The number of phenols is 1. The molecule has 1 aromatic heterocycles. The lowest BCUT2D eigenvalue weighted by Gasteiger charge is -2.07. The van der Waals surface area contributed by atoms with E-state index in [1.807, 2.05) is 48.5 Å². The second-order valence-electron chi connectivity index (χ2n) is 5.93. The maximum atomic E-state index is 10.0. The zero-order chi connectivity index (χ0) is 17.9. The molecule has 0 unspecified atom stereocenters. The van der Waals surface area contributed by atoms with E-state index in [-0.39, 0.29) is 5.75 Å². The molecule has 0 amide bonds. The Morgan fingerprint density at radius 3 is 2.62 bits per heavy atom. The minimum atomic E-state index is 0.183. The number of aliphatic imine (C=N–C) groups is 1. The SMILES string of the molecule is Oc1ccc(Br)cc1C=Nc1nc2ccccc2n1Cc1ccccc1. The minimum absolute atomic E-state index is 0.183. The zero-order valence-electron chi connectivity index (χ0n) is 13.9. The maximum absolute atomic E-state index is 10.0. The van der Waals surface area contributed by atoms with E-state index in [2.05, 4.69) is 42.6 Å². The number of benzene rings is 3. The molecule has 5 heteroatoms. The Labute approximate surface area is 159 Å². The van der Waals surface area contributed by atoms with Crippen molar-refractivity contribution >= 4 is 39.1 Å². The lowest BCUT2D eigenvalue weighted by Crippen LogP contribution is -1.99. The van der Waals surface area contributed by atoms with Gasteiger partial charge in [0.15, 0.2) is 0 Å². The summed E-state index contributed by atoms with van der Waals surface area (Å²) in [4.78, 5) is 9.21. The molecule has 0 fully saturated rings. The van der Waals surface area contributed by atoms with Gasteiger partial charge in [0.2, 0.25) is 5.95 Å². The van der Waals surface area contributed by atoms with Crippen LogP contribution in [-0.4, -0.2) is 20.9 Å².